The molecule has 8 unspecified atom stereocenters. The van der Waals surface area contributed by atoms with E-state index in [-0.39, 0.29) is 45.3 Å². The second kappa shape index (κ2) is 25.2. The molecule has 0 N–H and O–H groups in total. The number of hydrogen-bond donors (Lipinski definition) is 0. The van der Waals surface area contributed by atoms with Gasteiger partial charge in [-0.1, -0.05) is 0 Å². The van der Waals surface area contributed by atoms with E-state index in [0.29, 0.717) is 65.9 Å². The van der Waals surface area contributed by atoms with Gasteiger partial charge in [-0.15, -0.1) is 0 Å². The van der Waals surface area contributed by atoms with Gasteiger partial charge in [-0.05, 0) is 0 Å². The van der Waals surface area contributed by atoms with Crippen molar-refractivity contribution in [1.29, 1.82) is 0 Å². The number of allylic oxidation sites excluding steroid dienone is 32. The molecule has 0 radical (unpaired) electrons. The predicted molar refractivity (Wildman–Crippen MR) is 455 cm³/mol. The predicted octanol–water partition coefficient (Wildman–Crippen LogP) is 30.7. The van der Waals surface area contributed by atoms with Crippen molar-refractivity contribution in [2.24, 2.45) is 0 Å². The third kappa shape index (κ3) is 9.25. The van der Waals surface area contributed by atoms with Crippen molar-refractivity contribution in [3.8, 4) is 0 Å². The van der Waals surface area contributed by atoms with Gasteiger partial charge in [0.1, 0.15) is 0 Å². The normalized spacial score (nSPS) is 30.4. The molecule has 4 aromatic carbocycles. The van der Waals surface area contributed by atoms with Gasteiger partial charge in [0.15, 0.2) is 0 Å². The van der Waals surface area contributed by atoms with Gasteiger partial charge >= 0.3 is 670 Å². The molecule has 14 rings (SSSR count). The SMILES string of the molecule is CCC1=CC2=C(C=CC=CC2c2cc(Cl)c(C(C)(C)C)c(Cl)c2)[C]12[SiH](C)[C]1(C(CC)=CC3=C1C=CC=CC3c1cc(Cl)c(C(C)(C)C)c(Cl)c1)[Hf]21([Cl])([Cl])[C]2(C(CC)=CC3=C2C=CC=CC3c2cc(Cl)c(C(C)(C)C)c(Cl)c2)[SiH](C)[C]12C(CC)=CC1=C2C=CC=CC1c1cc(Cl)c(C(C)(C)C)c(Cl)c1. The molecule has 103 heavy (non-hydrogen) atoms. The van der Waals surface area contributed by atoms with Crippen molar-refractivity contribution in [3.63, 3.8) is 0 Å². The second-order valence-corrected chi connectivity index (χ2v) is 92.8. The van der Waals surface area contributed by atoms with Crippen LogP contribution >= 0.6 is 110 Å². The van der Waals surface area contributed by atoms with E-state index in [1.54, 1.807) is 0 Å². The van der Waals surface area contributed by atoms with Crippen LogP contribution in [-0.4, -0.2) is 17.6 Å². The summed E-state index contributed by atoms with van der Waals surface area (Å²) in [7, 11) is 18.0. The van der Waals surface area contributed by atoms with E-state index in [9.17, 15) is 17.2 Å². The Morgan fingerprint density at radius 1 is 0.311 bits per heavy atom. The minimum atomic E-state index is -8.28. The molecule has 2 saturated heterocycles. The van der Waals surface area contributed by atoms with Crippen LogP contribution in [0.4, 0.5) is 0 Å². The Hall–Kier alpha value is -3.08. The van der Waals surface area contributed by atoms with Crippen molar-refractivity contribution in [1.82, 2.24) is 0 Å². The zero-order valence-corrected chi connectivity index (χ0v) is 76.2. The Labute approximate surface area is 662 Å². The minimum absolute atomic E-state index is 0.275. The molecular weight excluding hydrogens is 1670 g/mol. The van der Waals surface area contributed by atoms with Crippen molar-refractivity contribution in [2.45, 2.75) is 206 Å². The first kappa shape index (κ1) is 76.7. The average Bonchev–Trinajstić information content (AvgIpc) is 1.52. The molecule has 538 valence electrons. The number of halogens is 10. The summed E-state index contributed by atoms with van der Waals surface area (Å²) in [6.07, 6.45) is 51.1. The van der Waals surface area contributed by atoms with E-state index >= 15 is 0 Å². The molecule has 10 aliphatic rings. The fraction of sp³-hybridized carbons (Fsp3) is 0.378. The van der Waals surface area contributed by atoms with Crippen molar-refractivity contribution >= 4 is 128 Å². The molecule has 8 atom stereocenters. The molecule has 5 spiro atoms. The molecule has 2 aliphatic heterocycles. The van der Waals surface area contributed by atoms with Crippen LogP contribution in [0.3, 0.4) is 0 Å². The van der Waals surface area contributed by atoms with E-state index < -0.39 is 43.4 Å². The molecule has 0 bridgehead atoms. The second-order valence-electron chi connectivity index (χ2n) is 35.1. The third-order valence-electron chi connectivity index (χ3n) is 26.7. The molecule has 0 amide bonds. The van der Waals surface area contributed by atoms with Gasteiger partial charge in [-0.2, -0.15) is 0 Å². The quantitative estimate of drug-likeness (QED) is 0.154. The van der Waals surface area contributed by atoms with Gasteiger partial charge < -0.3 is 0 Å². The maximum absolute atomic E-state index is 11.8. The van der Waals surface area contributed by atoms with Gasteiger partial charge in [-0.25, -0.2) is 0 Å². The van der Waals surface area contributed by atoms with Gasteiger partial charge in [0.2, 0.25) is 0 Å². The van der Waals surface area contributed by atoms with E-state index in [1.807, 2.05) is 0 Å². The van der Waals surface area contributed by atoms with E-state index in [0.717, 1.165) is 44.5 Å². The van der Waals surface area contributed by atoms with Crippen LogP contribution in [0.2, 0.25) is 64.5 Å². The molecule has 2 fully saturated rings. The van der Waals surface area contributed by atoms with Gasteiger partial charge in [-0.3, -0.25) is 0 Å². The Morgan fingerprint density at radius 2 is 0.485 bits per heavy atom. The Morgan fingerprint density at radius 3 is 0.641 bits per heavy atom. The van der Waals surface area contributed by atoms with Gasteiger partial charge in [0.25, 0.3) is 0 Å². The first-order valence-corrected chi connectivity index (χ1v) is 60.9. The number of benzene rings is 4. The van der Waals surface area contributed by atoms with Crippen LogP contribution in [0.1, 0.15) is 205 Å². The van der Waals surface area contributed by atoms with Crippen LogP contribution in [0.15, 0.2) is 237 Å². The van der Waals surface area contributed by atoms with E-state index in [2.05, 4.69) is 294 Å². The monoisotopic (exact) mass is 1760 g/mol. The van der Waals surface area contributed by atoms with Crippen molar-refractivity contribution in [3.05, 3.63) is 322 Å². The Bertz CT molecular complexity index is 4310. The number of hydrogen-bond acceptors (Lipinski definition) is 0. The summed E-state index contributed by atoms with van der Waals surface area (Å²) in [5.41, 5.74) is 21.9. The van der Waals surface area contributed by atoms with Crippen LogP contribution in [0.5, 0.6) is 0 Å². The molecule has 4 aromatic rings. The standard InChI is InChI=1S/2C45H48Cl4Si.2ClH.Hf/c2*1-10-26-20-34-30(28-22-36(46)40(37(47)23-28)44(3,4)5)16-12-14-18-32(34)42(26)50(9)43-27(11-2)21-35-31(17-13-15-19-33(35)43)29-24-38(48)41(39(49)25-29)45(6,7)8;;;/h2*12-25,30-31,50H,10-11H2,1-9H3;2*1H;/q;;;;+2/p-2. The Kier molecular flexibility index (Phi) is 18.8. The summed E-state index contributed by atoms with van der Waals surface area (Å²) in [5.74, 6) is -1.10. The fourth-order valence-electron chi connectivity index (χ4n) is 24.4. The summed E-state index contributed by atoms with van der Waals surface area (Å²) in [4.78, 5) is 0. The fourth-order valence-corrected chi connectivity index (χ4v) is 199. The van der Waals surface area contributed by atoms with Crippen LogP contribution in [0.25, 0.3) is 0 Å². The van der Waals surface area contributed by atoms with E-state index in [4.69, 9.17) is 92.8 Å². The third-order valence-corrected chi connectivity index (χ3v) is 145. The average molecular weight is 1770 g/mol. The molecule has 13 heteroatoms. The zero-order valence-electron chi connectivity index (χ0n) is 62.7. The molecule has 2 heterocycles. The molecular formula is C90H96Cl10HfSi2. The van der Waals surface area contributed by atoms with Gasteiger partial charge in [0.05, 0.1) is 0 Å². The first-order chi connectivity index (χ1) is 48.2. The topological polar surface area (TPSA) is 0 Å². The summed E-state index contributed by atoms with van der Waals surface area (Å²) < 4.78 is -3.60. The maximum atomic E-state index is 11.8. The van der Waals surface area contributed by atoms with Crippen molar-refractivity contribution < 1.29 is 14.7 Å². The summed E-state index contributed by atoms with van der Waals surface area (Å²) in [5, 5.41) is 5.24. The number of rotatable bonds is 8. The van der Waals surface area contributed by atoms with Crippen LogP contribution in [0, 0.1) is 0 Å². The van der Waals surface area contributed by atoms with E-state index in [1.165, 1.54) is 66.9 Å². The summed E-state index contributed by atoms with van der Waals surface area (Å²) in [6, 6.07) is 17.5. The number of fused-ring (bicyclic) bond motifs is 8. The molecule has 0 aromatic heterocycles. The Balaban J connectivity index is 1.22. The van der Waals surface area contributed by atoms with Crippen LogP contribution in [-0.2, 0) is 36.3 Å². The summed E-state index contributed by atoms with van der Waals surface area (Å²) in [6.45, 7) is 41.2. The first-order valence-electron chi connectivity index (χ1n) is 37.2. The molecule has 8 aliphatic carbocycles. The van der Waals surface area contributed by atoms with Gasteiger partial charge in [0, 0.05) is 0 Å². The summed E-state index contributed by atoms with van der Waals surface area (Å²) >= 11 is 52.7. The molecule has 0 saturated carbocycles. The van der Waals surface area contributed by atoms with Crippen LogP contribution < -0.4 is 0 Å². The zero-order chi connectivity index (χ0) is 74.7. The molecule has 0 nitrogen and oxygen atoms in total. The van der Waals surface area contributed by atoms with Crippen molar-refractivity contribution in [2.75, 3.05) is 0 Å².